The van der Waals surface area contributed by atoms with Crippen molar-refractivity contribution in [2.24, 2.45) is 0 Å². The molecule has 0 bridgehead atoms. The molecule has 1 fully saturated rings. The van der Waals surface area contributed by atoms with E-state index >= 15 is 0 Å². The van der Waals surface area contributed by atoms with Crippen LogP contribution < -0.4 is 9.64 Å². The van der Waals surface area contributed by atoms with Crippen LogP contribution in [0, 0.1) is 6.92 Å². The summed E-state index contributed by atoms with van der Waals surface area (Å²) in [5.41, 5.74) is 0. The van der Waals surface area contributed by atoms with Crippen LogP contribution in [0.15, 0.2) is 0 Å². The molecule has 1 aliphatic heterocycles. The molecule has 0 spiro atoms. The van der Waals surface area contributed by atoms with Crippen LogP contribution in [-0.4, -0.2) is 44.9 Å². The summed E-state index contributed by atoms with van der Waals surface area (Å²) >= 11 is 1.17. The summed E-state index contributed by atoms with van der Waals surface area (Å²) in [6, 6.07) is 0.179. The molecular formula is C11H14N4O3S. The molecule has 0 saturated carbocycles. The Morgan fingerprint density at radius 3 is 2.79 bits per heavy atom. The maximum Gasteiger partial charge on any atom is 0.321 e. The number of carbonyl (C=O) groups is 2. The molecule has 1 amide bonds. The summed E-state index contributed by atoms with van der Waals surface area (Å²) in [5, 5.41) is -0.0443. The Kier molecular flexibility index (Phi) is 3.98. The lowest BCUT2D eigenvalue weighted by Gasteiger charge is -2.14. The largest absolute Gasteiger partial charge is 0.467 e. The van der Waals surface area contributed by atoms with Crippen LogP contribution in [0.25, 0.3) is 0 Å². The third kappa shape index (κ3) is 3.19. The first-order chi connectivity index (χ1) is 8.99. The van der Waals surface area contributed by atoms with Crippen LogP contribution in [0.5, 0.6) is 6.01 Å². The van der Waals surface area contributed by atoms with Crippen molar-refractivity contribution in [1.82, 2.24) is 15.0 Å². The zero-order valence-electron chi connectivity index (χ0n) is 10.9. The Morgan fingerprint density at radius 2 is 2.16 bits per heavy atom. The predicted octanol–water partition coefficient (Wildman–Crippen LogP) is 0.574. The monoisotopic (exact) mass is 282 g/mol. The van der Waals surface area contributed by atoms with E-state index in [1.165, 1.54) is 30.7 Å². The van der Waals surface area contributed by atoms with E-state index < -0.39 is 0 Å². The molecule has 1 saturated heterocycles. The van der Waals surface area contributed by atoms with Crippen molar-refractivity contribution in [2.45, 2.75) is 25.5 Å². The fourth-order valence-corrected chi connectivity index (χ4v) is 2.76. The van der Waals surface area contributed by atoms with Gasteiger partial charge < -0.3 is 4.74 Å². The van der Waals surface area contributed by atoms with Crippen LogP contribution in [0.3, 0.4) is 0 Å². The molecule has 0 aromatic carbocycles. The zero-order valence-corrected chi connectivity index (χ0v) is 11.7. The molecule has 102 valence electrons. The van der Waals surface area contributed by atoms with Crippen molar-refractivity contribution in [3.8, 4) is 6.01 Å². The predicted molar refractivity (Wildman–Crippen MR) is 70.1 cm³/mol. The summed E-state index contributed by atoms with van der Waals surface area (Å²) in [6.07, 6.45) is 0.317. The Bertz CT molecular complexity index is 523. The molecule has 1 aliphatic rings. The van der Waals surface area contributed by atoms with Gasteiger partial charge in [-0.3, -0.25) is 14.5 Å². The SMILES string of the molecule is COc1nc(C)nc(N2CC(SC(C)=O)CC2=O)n1. The van der Waals surface area contributed by atoms with Gasteiger partial charge in [0.05, 0.1) is 7.11 Å². The molecule has 8 heteroatoms. The molecule has 1 unspecified atom stereocenters. The van der Waals surface area contributed by atoms with E-state index in [0.717, 1.165) is 0 Å². The normalized spacial score (nSPS) is 18.8. The molecular weight excluding hydrogens is 268 g/mol. The van der Waals surface area contributed by atoms with Gasteiger partial charge in [-0.25, -0.2) is 0 Å². The molecule has 7 nitrogen and oxygen atoms in total. The fourth-order valence-electron chi connectivity index (χ4n) is 1.84. The van der Waals surface area contributed by atoms with Gasteiger partial charge in [-0.05, 0) is 6.92 Å². The first-order valence-corrected chi connectivity index (χ1v) is 6.62. The van der Waals surface area contributed by atoms with Crippen LogP contribution >= 0.6 is 11.8 Å². The van der Waals surface area contributed by atoms with Gasteiger partial charge in [-0.15, -0.1) is 0 Å². The van der Waals surface area contributed by atoms with Gasteiger partial charge in [0.25, 0.3) is 0 Å². The van der Waals surface area contributed by atoms with Crippen molar-refractivity contribution in [3.05, 3.63) is 5.82 Å². The number of methoxy groups -OCH3 is 1. The first-order valence-electron chi connectivity index (χ1n) is 5.74. The Balaban J connectivity index is 2.20. The molecule has 19 heavy (non-hydrogen) atoms. The second-order valence-corrected chi connectivity index (χ2v) is 5.59. The summed E-state index contributed by atoms with van der Waals surface area (Å²) in [5.74, 6) is 0.671. The van der Waals surface area contributed by atoms with E-state index in [1.807, 2.05) is 0 Å². The minimum absolute atomic E-state index is 0.00376. The maximum atomic E-state index is 11.9. The third-order valence-corrected chi connectivity index (χ3v) is 3.54. The first kappa shape index (κ1) is 13.7. The maximum absolute atomic E-state index is 11.9. The van der Waals surface area contributed by atoms with E-state index in [0.29, 0.717) is 18.8 Å². The van der Waals surface area contributed by atoms with Gasteiger partial charge in [0.15, 0.2) is 5.12 Å². The lowest BCUT2D eigenvalue weighted by Crippen LogP contribution is -2.27. The quantitative estimate of drug-likeness (QED) is 0.801. The molecule has 2 rings (SSSR count). The Hall–Kier alpha value is -1.70. The van der Waals surface area contributed by atoms with E-state index in [-0.39, 0.29) is 28.2 Å². The molecule has 1 aromatic rings. The van der Waals surface area contributed by atoms with Crippen LogP contribution in [0.1, 0.15) is 19.2 Å². The smallest absolute Gasteiger partial charge is 0.321 e. The number of thioether (sulfide) groups is 1. The van der Waals surface area contributed by atoms with Gasteiger partial charge >= 0.3 is 6.01 Å². The van der Waals surface area contributed by atoms with E-state index in [4.69, 9.17) is 4.74 Å². The Morgan fingerprint density at radius 1 is 1.42 bits per heavy atom. The summed E-state index contributed by atoms with van der Waals surface area (Å²) in [6.45, 7) is 3.62. The molecule has 1 atom stereocenters. The minimum atomic E-state index is -0.0913. The van der Waals surface area contributed by atoms with Crippen molar-refractivity contribution >= 4 is 28.7 Å². The highest BCUT2D eigenvalue weighted by atomic mass is 32.2. The lowest BCUT2D eigenvalue weighted by molar-refractivity contribution is -0.117. The third-order valence-electron chi connectivity index (χ3n) is 2.56. The highest BCUT2D eigenvalue weighted by Gasteiger charge is 2.33. The van der Waals surface area contributed by atoms with Gasteiger partial charge in [-0.2, -0.15) is 15.0 Å². The van der Waals surface area contributed by atoms with Gasteiger partial charge in [-0.1, -0.05) is 11.8 Å². The molecule has 1 aromatic heterocycles. The standard InChI is InChI=1S/C11H14N4O3S/c1-6-12-10(14-11(13-6)18-3)15-5-8(4-9(15)17)19-7(2)16/h8H,4-5H2,1-3H3. The van der Waals surface area contributed by atoms with Gasteiger partial charge in [0, 0.05) is 25.1 Å². The second-order valence-electron chi connectivity index (χ2n) is 4.11. The number of hydrogen-bond donors (Lipinski definition) is 0. The summed E-state index contributed by atoms with van der Waals surface area (Å²) < 4.78 is 4.96. The van der Waals surface area contributed by atoms with Crippen LogP contribution in [-0.2, 0) is 9.59 Å². The van der Waals surface area contributed by atoms with Crippen molar-refractivity contribution in [2.75, 3.05) is 18.6 Å². The minimum Gasteiger partial charge on any atom is -0.467 e. The molecule has 0 aliphatic carbocycles. The number of aromatic nitrogens is 3. The van der Waals surface area contributed by atoms with Crippen molar-refractivity contribution in [3.63, 3.8) is 0 Å². The molecule has 0 N–H and O–H groups in total. The van der Waals surface area contributed by atoms with Crippen LogP contribution in [0.2, 0.25) is 0 Å². The number of amides is 1. The number of rotatable bonds is 3. The highest BCUT2D eigenvalue weighted by Crippen LogP contribution is 2.27. The fraction of sp³-hybridized carbons (Fsp3) is 0.545. The van der Waals surface area contributed by atoms with Gasteiger partial charge in [0.1, 0.15) is 5.82 Å². The topological polar surface area (TPSA) is 85.3 Å². The summed E-state index contributed by atoms with van der Waals surface area (Å²) in [7, 11) is 1.46. The highest BCUT2D eigenvalue weighted by molar-refractivity contribution is 8.14. The van der Waals surface area contributed by atoms with Gasteiger partial charge in [0.2, 0.25) is 11.9 Å². The number of anilines is 1. The number of nitrogens with zero attached hydrogens (tertiary/aromatic N) is 4. The number of hydrogen-bond acceptors (Lipinski definition) is 7. The average molecular weight is 282 g/mol. The van der Waals surface area contributed by atoms with Crippen molar-refractivity contribution < 1.29 is 14.3 Å². The zero-order chi connectivity index (χ0) is 14.0. The number of aryl methyl sites for hydroxylation is 1. The van der Waals surface area contributed by atoms with E-state index in [2.05, 4.69) is 15.0 Å². The lowest BCUT2D eigenvalue weighted by atomic mass is 10.4. The van der Waals surface area contributed by atoms with Crippen LogP contribution in [0.4, 0.5) is 5.95 Å². The second kappa shape index (κ2) is 5.52. The number of carbonyl (C=O) groups excluding carboxylic acids is 2. The molecule has 2 heterocycles. The average Bonchev–Trinajstić information content (AvgIpc) is 2.68. The molecule has 0 radical (unpaired) electrons. The Labute approximate surface area is 114 Å². The van der Waals surface area contributed by atoms with E-state index in [9.17, 15) is 9.59 Å². The number of ether oxygens (including phenoxy) is 1. The summed E-state index contributed by atoms with van der Waals surface area (Å²) in [4.78, 5) is 36.7. The van der Waals surface area contributed by atoms with Crippen molar-refractivity contribution in [1.29, 1.82) is 0 Å². The van der Waals surface area contributed by atoms with E-state index in [1.54, 1.807) is 6.92 Å².